The second kappa shape index (κ2) is 9.97. The van der Waals surface area contributed by atoms with Crippen molar-refractivity contribution in [2.45, 2.75) is 63.9 Å². The van der Waals surface area contributed by atoms with Gasteiger partial charge in [0.25, 0.3) is 0 Å². The molecule has 0 aromatic heterocycles. The molecule has 0 spiro atoms. The van der Waals surface area contributed by atoms with Crippen LogP contribution in [0.5, 0.6) is 5.75 Å². The molecule has 0 bridgehead atoms. The van der Waals surface area contributed by atoms with Crippen LogP contribution >= 0.6 is 22.3 Å². The number of ether oxygens (including phenoxy) is 1. The quantitative estimate of drug-likeness (QED) is 0.202. The molecular weight excluding hydrogens is 423 g/mol. The highest BCUT2D eigenvalue weighted by atomic mass is 35.7. The number of rotatable bonds is 10. The minimum Gasteiger partial charge on any atom is -0.496 e. The van der Waals surface area contributed by atoms with E-state index in [0.717, 1.165) is 30.6 Å². The summed E-state index contributed by atoms with van der Waals surface area (Å²) in [4.78, 5) is -0.661. The number of aryl methyl sites for hydroxylation is 1. The Bertz CT molecular complexity index is 715. The monoisotopic (exact) mass is 454 g/mol. The molecule has 4 nitrogen and oxygen atoms in total. The van der Waals surface area contributed by atoms with Crippen LogP contribution in [-0.4, -0.2) is 35.3 Å². The lowest BCUT2D eigenvalue weighted by atomic mass is 10.00. The Hall–Kier alpha value is -0.273. The first-order chi connectivity index (χ1) is 12.3. The smallest absolute Gasteiger partial charge is 0.235 e. The van der Waals surface area contributed by atoms with Gasteiger partial charge in [0.1, 0.15) is 5.75 Å². The minimum absolute atomic E-state index is 0.426. The molecular formula is C19H32Cl2O4SSi. The van der Waals surface area contributed by atoms with E-state index in [2.05, 4.69) is 6.07 Å². The van der Waals surface area contributed by atoms with E-state index in [4.69, 9.17) is 31.4 Å². The molecule has 0 heterocycles. The van der Waals surface area contributed by atoms with E-state index in [-0.39, 0.29) is 0 Å². The van der Waals surface area contributed by atoms with Gasteiger partial charge in [-0.1, -0.05) is 32.9 Å². The Labute approximate surface area is 175 Å². The van der Waals surface area contributed by atoms with Gasteiger partial charge >= 0.3 is 0 Å². The third-order valence-electron chi connectivity index (χ3n) is 4.53. The highest BCUT2D eigenvalue weighted by Gasteiger charge is 2.49. The number of halogens is 2. The van der Waals surface area contributed by atoms with Crippen molar-refractivity contribution < 1.29 is 17.6 Å². The summed E-state index contributed by atoms with van der Waals surface area (Å²) in [5.74, 6) is 1.24. The van der Waals surface area contributed by atoms with Crippen LogP contribution in [0.25, 0.3) is 0 Å². The molecule has 0 aliphatic heterocycles. The summed E-state index contributed by atoms with van der Waals surface area (Å²) in [5, 5.41) is 0. The maximum Gasteiger partial charge on any atom is 0.235 e. The number of benzene rings is 1. The zero-order valence-corrected chi connectivity index (χ0v) is 20.5. The van der Waals surface area contributed by atoms with Gasteiger partial charge < -0.3 is 9.16 Å². The van der Waals surface area contributed by atoms with E-state index < -0.39 is 27.7 Å². The Morgan fingerprint density at radius 3 is 2.30 bits per heavy atom. The molecule has 1 rings (SSSR count). The first kappa shape index (κ1) is 24.8. The zero-order valence-electron chi connectivity index (χ0n) is 17.1. The van der Waals surface area contributed by atoms with Crippen LogP contribution in [-0.2, 0) is 25.8 Å². The predicted molar refractivity (Wildman–Crippen MR) is 117 cm³/mol. The lowest BCUT2D eigenvalue weighted by molar-refractivity contribution is 0.277. The highest BCUT2D eigenvalue weighted by molar-refractivity contribution is 8.15. The van der Waals surface area contributed by atoms with Crippen molar-refractivity contribution in [1.29, 1.82) is 0 Å². The van der Waals surface area contributed by atoms with Gasteiger partial charge in [0, 0.05) is 22.9 Å². The SMILES string of the molecule is COc1cc(CCCCO[Si](C)(C)C(C(C)(C)C)S(=O)(=O)Cl)ccc1CCl. The van der Waals surface area contributed by atoms with E-state index >= 15 is 0 Å². The van der Waals surface area contributed by atoms with Gasteiger partial charge in [-0.05, 0) is 49.4 Å². The summed E-state index contributed by atoms with van der Waals surface area (Å²) in [7, 11) is 1.18. The van der Waals surface area contributed by atoms with Crippen molar-refractivity contribution in [3.05, 3.63) is 29.3 Å². The summed E-state index contributed by atoms with van der Waals surface area (Å²) in [5.41, 5.74) is 1.71. The first-order valence-corrected chi connectivity index (χ1v) is 15.0. The fourth-order valence-corrected chi connectivity index (χ4v) is 13.3. The van der Waals surface area contributed by atoms with Crippen LogP contribution in [0, 0.1) is 5.41 Å². The van der Waals surface area contributed by atoms with Gasteiger partial charge in [-0.15, -0.1) is 11.6 Å². The van der Waals surface area contributed by atoms with E-state index in [9.17, 15) is 8.42 Å². The fourth-order valence-electron chi connectivity index (χ4n) is 3.70. The van der Waals surface area contributed by atoms with Crippen LogP contribution in [0.3, 0.4) is 0 Å². The molecule has 0 fully saturated rings. The molecule has 0 aliphatic carbocycles. The minimum atomic E-state index is -3.70. The molecule has 0 saturated heterocycles. The zero-order chi connectivity index (χ0) is 20.9. The normalized spacial score (nSPS) is 14.2. The summed E-state index contributed by atoms with van der Waals surface area (Å²) in [6.07, 6.45) is 2.71. The van der Waals surface area contributed by atoms with Crippen LogP contribution < -0.4 is 4.74 Å². The molecule has 1 unspecified atom stereocenters. The Kier molecular flexibility index (Phi) is 9.14. The van der Waals surface area contributed by atoms with Crippen LogP contribution in [0.15, 0.2) is 18.2 Å². The predicted octanol–water partition coefficient (Wildman–Crippen LogP) is 5.50. The topological polar surface area (TPSA) is 52.6 Å². The molecule has 1 aromatic rings. The summed E-state index contributed by atoms with van der Waals surface area (Å²) in [6, 6.07) is 6.08. The summed E-state index contributed by atoms with van der Waals surface area (Å²) >= 11 is 5.90. The average molecular weight is 456 g/mol. The van der Waals surface area contributed by atoms with Crippen molar-refractivity contribution in [1.82, 2.24) is 0 Å². The lowest BCUT2D eigenvalue weighted by Gasteiger charge is -2.38. The van der Waals surface area contributed by atoms with Gasteiger partial charge in [-0.25, -0.2) is 8.42 Å². The van der Waals surface area contributed by atoms with Crippen LogP contribution in [0.4, 0.5) is 0 Å². The molecule has 27 heavy (non-hydrogen) atoms. The molecule has 156 valence electrons. The summed E-state index contributed by atoms with van der Waals surface area (Å²) in [6.45, 7) is 10.1. The molecule has 0 N–H and O–H groups in total. The Morgan fingerprint density at radius 1 is 1.19 bits per heavy atom. The lowest BCUT2D eigenvalue weighted by Crippen LogP contribution is -2.54. The van der Waals surface area contributed by atoms with Crippen molar-refractivity contribution >= 4 is 39.7 Å². The molecule has 0 radical (unpaired) electrons. The van der Waals surface area contributed by atoms with Gasteiger partial charge in [0.15, 0.2) is 0 Å². The van der Waals surface area contributed by atoms with Gasteiger partial charge in [-0.2, -0.15) is 0 Å². The third kappa shape index (κ3) is 7.57. The standard InChI is InChI=1S/C19H32Cl2O4SSi/c1-19(2,3)18(26(21,22)23)27(5,6)25-12-8-7-9-15-10-11-16(14-20)17(13-15)24-4/h10-11,13,18H,7-9,12,14H2,1-6H3. The summed E-state index contributed by atoms with van der Waals surface area (Å²) < 4.78 is 35.7. The second-order valence-electron chi connectivity index (χ2n) is 8.41. The van der Waals surface area contributed by atoms with Gasteiger partial charge in [-0.3, -0.25) is 0 Å². The van der Waals surface area contributed by atoms with Crippen molar-refractivity contribution in [3.8, 4) is 5.75 Å². The van der Waals surface area contributed by atoms with E-state index in [1.165, 1.54) is 5.56 Å². The molecule has 0 saturated carbocycles. The first-order valence-electron chi connectivity index (χ1n) is 9.12. The number of hydrogen-bond donors (Lipinski definition) is 0. The van der Waals surface area contributed by atoms with Crippen LogP contribution in [0.1, 0.15) is 44.7 Å². The largest absolute Gasteiger partial charge is 0.496 e. The number of methoxy groups -OCH3 is 1. The molecule has 8 heteroatoms. The van der Waals surface area contributed by atoms with E-state index in [1.807, 2.05) is 46.0 Å². The van der Waals surface area contributed by atoms with Crippen molar-refractivity contribution in [3.63, 3.8) is 0 Å². The van der Waals surface area contributed by atoms with E-state index in [1.54, 1.807) is 7.11 Å². The van der Waals surface area contributed by atoms with E-state index in [0.29, 0.717) is 12.5 Å². The third-order valence-corrected chi connectivity index (χ3v) is 12.8. The Morgan fingerprint density at radius 2 is 1.81 bits per heavy atom. The Balaban J connectivity index is 2.60. The van der Waals surface area contributed by atoms with Gasteiger partial charge in [0.05, 0.1) is 17.9 Å². The number of unbranched alkanes of at least 4 members (excludes halogenated alkanes) is 1. The molecule has 1 aromatic carbocycles. The molecule has 1 atom stereocenters. The fraction of sp³-hybridized carbons (Fsp3) is 0.684. The number of hydrogen-bond acceptors (Lipinski definition) is 4. The van der Waals surface area contributed by atoms with Crippen LogP contribution in [0.2, 0.25) is 13.1 Å². The average Bonchev–Trinajstić information content (AvgIpc) is 2.50. The van der Waals surface area contributed by atoms with Crippen molar-refractivity contribution in [2.75, 3.05) is 13.7 Å². The van der Waals surface area contributed by atoms with Gasteiger partial charge in [0.2, 0.25) is 17.4 Å². The maximum absolute atomic E-state index is 12.1. The maximum atomic E-state index is 12.1. The molecule has 0 amide bonds. The van der Waals surface area contributed by atoms with Crippen molar-refractivity contribution in [2.24, 2.45) is 5.41 Å². The highest BCUT2D eigenvalue weighted by Crippen LogP contribution is 2.35. The molecule has 0 aliphatic rings. The second-order valence-corrected chi connectivity index (χ2v) is 15.9. The number of alkyl halides is 1.